The van der Waals surface area contributed by atoms with Crippen molar-refractivity contribution in [1.82, 2.24) is 19.6 Å². The molecule has 112 valence electrons. The van der Waals surface area contributed by atoms with Crippen molar-refractivity contribution < 1.29 is 0 Å². The molecule has 0 radical (unpaired) electrons. The minimum absolute atomic E-state index is 0.684. The van der Waals surface area contributed by atoms with Crippen LogP contribution in [0.15, 0.2) is 48.5 Å². The Bertz CT molecular complexity index is 825. The molecule has 0 atom stereocenters. The van der Waals surface area contributed by atoms with Crippen LogP contribution in [0.2, 0.25) is 0 Å². The molecule has 0 bridgehead atoms. The molecule has 2 aromatic heterocycles. The summed E-state index contributed by atoms with van der Waals surface area (Å²) in [6, 6.07) is 1.90. The molecule has 6 heteroatoms. The highest BCUT2D eigenvalue weighted by Crippen LogP contribution is 2.15. The summed E-state index contributed by atoms with van der Waals surface area (Å²) in [6.07, 6.45) is 13.8. The molecule has 1 aliphatic rings. The number of allylic oxidation sites excluding steroid dienone is 4. The Morgan fingerprint density at radius 1 is 1.36 bits per heavy atom. The standard InChI is InChI=1S/C16H17N5S/c1-20-11-14(10-18-20)21-8-7-16(22)15(19-21)9-12-3-2-4-13(17)6-5-12/h2-3,5,7-8,10-11,17H,4,6,9H2,1H3. The maximum absolute atomic E-state index is 7.74. The molecule has 0 aromatic carbocycles. The van der Waals surface area contributed by atoms with E-state index in [4.69, 9.17) is 17.6 Å². The summed E-state index contributed by atoms with van der Waals surface area (Å²) in [5, 5.41) is 16.5. The highest BCUT2D eigenvalue weighted by atomic mass is 32.1. The number of aromatic nitrogens is 4. The second kappa shape index (κ2) is 6.19. The highest BCUT2D eigenvalue weighted by Gasteiger charge is 2.07. The zero-order chi connectivity index (χ0) is 15.5. The number of hydrogen-bond donors (Lipinski definition) is 1. The van der Waals surface area contributed by atoms with Crippen LogP contribution in [0.3, 0.4) is 0 Å². The first-order valence-electron chi connectivity index (χ1n) is 7.11. The molecule has 0 fully saturated rings. The van der Waals surface area contributed by atoms with E-state index in [0.717, 1.165) is 33.6 Å². The second-order valence-electron chi connectivity index (χ2n) is 5.31. The third-order valence-electron chi connectivity index (χ3n) is 3.51. The molecule has 5 nitrogen and oxygen atoms in total. The van der Waals surface area contributed by atoms with Crippen LogP contribution in [0.4, 0.5) is 0 Å². The van der Waals surface area contributed by atoms with Crippen LogP contribution in [-0.2, 0) is 13.5 Å². The topological polar surface area (TPSA) is 59.5 Å². The molecule has 1 aliphatic carbocycles. The maximum Gasteiger partial charge on any atom is 0.102 e. The minimum atomic E-state index is 0.684. The van der Waals surface area contributed by atoms with Crippen molar-refractivity contribution >= 4 is 17.9 Å². The monoisotopic (exact) mass is 311 g/mol. The Labute approximate surface area is 134 Å². The van der Waals surface area contributed by atoms with Crippen LogP contribution in [0.1, 0.15) is 18.5 Å². The van der Waals surface area contributed by atoms with Crippen molar-refractivity contribution in [3.05, 3.63) is 58.7 Å². The molecule has 2 heterocycles. The van der Waals surface area contributed by atoms with Gasteiger partial charge < -0.3 is 5.41 Å². The van der Waals surface area contributed by atoms with Gasteiger partial charge >= 0.3 is 0 Å². The normalized spacial score (nSPS) is 14.8. The quantitative estimate of drug-likeness (QED) is 0.886. The fourth-order valence-electron chi connectivity index (χ4n) is 2.32. The lowest BCUT2D eigenvalue weighted by molar-refractivity contribution is 0.762. The summed E-state index contributed by atoms with van der Waals surface area (Å²) in [5.74, 6) is 0. The van der Waals surface area contributed by atoms with Gasteiger partial charge in [0.25, 0.3) is 0 Å². The molecule has 1 N–H and O–H groups in total. The van der Waals surface area contributed by atoms with Crippen molar-refractivity contribution in [2.45, 2.75) is 19.3 Å². The summed E-state index contributed by atoms with van der Waals surface area (Å²) in [5.41, 5.74) is 3.66. The Morgan fingerprint density at radius 3 is 3.00 bits per heavy atom. The predicted octanol–water partition coefficient (Wildman–Crippen LogP) is 3.17. The van der Waals surface area contributed by atoms with E-state index < -0.39 is 0 Å². The van der Waals surface area contributed by atoms with E-state index in [2.05, 4.69) is 22.3 Å². The van der Waals surface area contributed by atoms with E-state index in [-0.39, 0.29) is 0 Å². The molecule has 0 aliphatic heterocycles. The van der Waals surface area contributed by atoms with Gasteiger partial charge in [0.2, 0.25) is 0 Å². The second-order valence-corrected chi connectivity index (χ2v) is 5.75. The van der Waals surface area contributed by atoms with E-state index in [1.54, 1.807) is 15.6 Å². The van der Waals surface area contributed by atoms with Gasteiger partial charge in [0.05, 0.1) is 22.6 Å². The van der Waals surface area contributed by atoms with Crippen molar-refractivity contribution in [3.8, 4) is 5.69 Å². The Kier molecular flexibility index (Phi) is 4.11. The molecule has 3 rings (SSSR count). The lowest BCUT2D eigenvalue weighted by Gasteiger charge is -2.06. The van der Waals surface area contributed by atoms with Crippen LogP contribution in [-0.4, -0.2) is 25.3 Å². The zero-order valence-corrected chi connectivity index (χ0v) is 13.2. The summed E-state index contributed by atoms with van der Waals surface area (Å²) < 4.78 is 4.29. The van der Waals surface area contributed by atoms with E-state index >= 15 is 0 Å². The van der Waals surface area contributed by atoms with Crippen molar-refractivity contribution in [3.63, 3.8) is 0 Å². The Balaban J connectivity index is 1.90. The maximum atomic E-state index is 7.74. The van der Waals surface area contributed by atoms with Gasteiger partial charge in [0, 0.05) is 38.2 Å². The highest BCUT2D eigenvalue weighted by molar-refractivity contribution is 7.71. The molecule has 2 aromatic rings. The first kappa shape index (κ1) is 14.6. The fraction of sp³-hybridized carbons (Fsp3) is 0.250. The van der Waals surface area contributed by atoms with Gasteiger partial charge in [-0.05, 0) is 11.6 Å². The van der Waals surface area contributed by atoms with Crippen LogP contribution in [0, 0.1) is 9.92 Å². The van der Waals surface area contributed by atoms with Gasteiger partial charge in [-0.2, -0.15) is 10.2 Å². The van der Waals surface area contributed by atoms with Crippen molar-refractivity contribution in [2.24, 2.45) is 7.05 Å². The lowest BCUT2D eigenvalue weighted by atomic mass is 10.1. The average Bonchev–Trinajstić information content (AvgIpc) is 2.82. The van der Waals surface area contributed by atoms with Crippen LogP contribution < -0.4 is 0 Å². The van der Waals surface area contributed by atoms with Gasteiger partial charge in [-0.15, -0.1) is 0 Å². The molecule has 0 spiro atoms. The lowest BCUT2D eigenvalue weighted by Crippen LogP contribution is -2.04. The van der Waals surface area contributed by atoms with Gasteiger partial charge in [-0.25, -0.2) is 4.68 Å². The van der Waals surface area contributed by atoms with E-state index in [1.807, 2.05) is 31.6 Å². The molecular weight excluding hydrogens is 294 g/mol. The van der Waals surface area contributed by atoms with Gasteiger partial charge in [-0.3, -0.25) is 4.68 Å². The molecule has 0 saturated carbocycles. The predicted molar refractivity (Wildman–Crippen MR) is 89.1 cm³/mol. The smallest absolute Gasteiger partial charge is 0.102 e. The molecule has 0 amide bonds. The minimum Gasteiger partial charge on any atom is -0.309 e. The van der Waals surface area contributed by atoms with E-state index in [9.17, 15) is 0 Å². The number of hydrogen-bond acceptors (Lipinski definition) is 4. The van der Waals surface area contributed by atoms with E-state index in [1.165, 1.54) is 0 Å². The number of nitrogens with zero attached hydrogens (tertiary/aromatic N) is 4. The van der Waals surface area contributed by atoms with Gasteiger partial charge in [0.15, 0.2) is 0 Å². The molecule has 0 saturated heterocycles. The van der Waals surface area contributed by atoms with Crippen LogP contribution >= 0.6 is 12.2 Å². The van der Waals surface area contributed by atoms with Crippen molar-refractivity contribution in [1.29, 1.82) is 5.41 Å². The third kappa shape index (κ3) is 3.28. The Hall–Kier alpha value is -2.34. The summed E-state index contributed by atoms with van der Waals surface area (Å²) in [6.45, 7) is 0. The first-order chi connectivity index (χ1) is 10.6. The average molecular weight is 311 g/mol. The zero-order valence-electron chi connectivity index (χ0n) is 12.4. The molecular formula is C16H17N5S. The summed E-state index contributed by atoms with van der Waals surface area (Å²) in [7, 11) is 1.88. The molecule has 22 heavy (non-hydrogen) atoms. The largest absolute Gasteiger partial charge is 0.309 e. The Morgan fingerprint density at radius 2 is 2.23 bits per heavy atom. The summed E-state index contributed by atoms with van der Waals surface area (Å²) in [4.78, 5) is 0. The number of nitrogens with one attached hydrogen (secondary N) is 1. The van der Waals surface area contributed by atoms with Crippen LogP contribution in [0.5, 0.6) is 0 Å². The van der Waals surface area contributed by atoms with Gasteiger partial charge in [0.1, 0.15) is 5.69 Å². The fourth-order valence-corrected chi connectivity index (χ4v) is 2.50. The van der Waals surface area contributed by atoms with Gasteiger partial charge in [-0.1, -0.05) is 30.4 Å². The van der Waals surface area contributed by atoms with Crippen molar-refractivity contribution in [2.75, 3.05) is 0 Å². The number of aryl methyl sites for hydroxylation is 1. The SMILES string of the molecule is Cn1cc(-n2ccc(=S)c(CC3=CCC(=N)CC=C3)n2)cn1. The van der Waals surface area contributed by atoms with E-state index in [0.29, 0.717) is 12.8 Å². The third-order valence-corrected chi connectivity index (χ3v) is 3.89. The van der Waals surface area contributed by atoms with Crippen LogP contribution in [0.25, 0.3) is 5.69 Å². The first-order valence-corrected chi connectivity index (χ1v) is 7.52. The molecule has 0 unspecified atom stereocenters. The number of rotatable bonds is 3. The summed E-state index contributed by atoms with van der Waals surface area (Å²) >= 11 is 5.40.